The maximum atomic E-state index is 10.7. The molecule has 9 heteroatoms. The maximum Gasteiger partial charge on any atom is 0.151 e. The summed E-state index contributed by atoms with van der Waals surface area (Å²) in [6, 6.07) is 8.55. The van der Waals surface area contributed by atoms with E-state index in [-0.39, 0.29) is 5.92 Å². The third-order valence-corrected chi connectivity index (χ3v) is 6.04. The van der Waals surface area contributed by atoms with Crippen molar-refractivity contribution in [2.45, 2.75) is 38.5 Å². The van der Waals surface area contributed by atoms with E-state index in [1.54, 1.807) is 0 Å². The Bertz CT molecular complexity index is 1180. The number of aryl methyl sites for hydroxylation is 1. The Hall–Kier alpha value is -3.30. The second-order valence-electron chi connectivity index (χ2n) is 8.18. The minimum atomic E-state index is -0.487. The van der Waals surface area contributed by atoms with Crippen LogP contribution in [-0.2, 0) is 19.5 Å². The van der Waals surface area contributed by atoms with E-state index < -0.39 is 6.10 Å². The van der Waals surface area contributed by atoms with Crippen LogP contribution < -0.4 is 5.73 Å². The highest BCUT2D eigenvalue weighted by atomic mass is 16.3. The van der Waals surface area contributed by atoms with Crippen LogP contribution in [0.5, 0.6) is 0 Å². The lowest BCUT2D eigenvalue weighted by atomic mass is 10.0. The number of benzene rings is 1. The van der Waals surface area contributed by atoms with Crippen molar-refractivity contribution in [3.63, 3.8) is 0 Å². The fraction of sp³-hybridized carbons (Fsp3) is 0.364. The molecule has 1 fully saturated rings. The predicted molar refractivity (Wildman–Crippen MR) is 117 cm³/mol. The van der Waals surface area contributed by atoms with Gasteiger partial charge in [0.05, 0.1) is 23.9 Å². The Balaban J connectivity index is 1.26. The number of hydrogen-bond acceptors (Lipinski definition) is 7. The first-order valence-corrected chi connectivity index (χ1v) is 10.6. The highest BCUT2D eigenvalue weighted by Crippen LogP contribution is 2.29. The van der Waals surface area contributed by atoms with E-state index in [2.05, 4.69) is 61.4 Å². The van der Waals surface area contributed by atoms with E-state index in [9.17, 15) is 5.11 Å². The van der Waals surface area contributed by atoms with Crippen molar-refractivity contribution >= 4 is 16.9 Å². The van der Waals surface area contributed by atoms with E-state index in [0.717, 1.165) is 28.7 Å². The number of β-amino-alcohol motifs (C(OH)–C–C–N with tert-alkyl or cyclic N) is 1. The smallest absolute Gasteiger partial charge is 0.151 e. The summed E-state index contributed by atoms with van der Waals surface area (Å²) in [4.78, 5) is 13.7. The van der Waals surface area contributed by atoms with Gasteiger partial charge in [-0.3, -0.25) is 4.90 Å². The summed E-state index contributed by atoms with van der Waals surface area (Å²) in [5.41, 5.74) is 11.9. The van der Waals surface area contributed by atoms with Gasteiger partial charge in [0.15, 0.2) is 5.82 Å². The fourth-order valence-electron chi connectivity index (χ4n) is 4.29. The molecule has 0 unspecified atom stereocenters. The number of aromatic nitrogens is 6. The van der Waals surface area contributed by atoms with E-state index in [1.807, 2.05) is 17.1 Å². The molecule has 1 saturated heterocycles. The van der Waals surface area contributed by atoms with Crippen LogP contribution in [0.1, 0.15) is 35.2 Å². The van der Waals surface area contributed by atoms with Crippen molar-refractivity contribution in [1.29, 1.82) is 0 Å². The van der Waals surface area contributed by atoms with Gasteiger partial charge in [-0.2, -0.15) is 0 Å². The summed E-state index contributed by atoms with van der Waals surface area (Å²) in [5, 5.41) is 19.3. The summed E-state index contributed by atoms with van der Waals surface area (Å²) in [6.45, 7) is 4.76. The molecule has 9 nitrogen and oxygen atoms in total. The first kappa shape index (κ1) is 19.7. The van der Waals surface area contributed by atoms with Crippen molar-refractivity contribution in [1.82, 2.24) is 34.8 Å². The quantitative estimate of drug-likeness (QED) is 0.436. The minimum absolute atomic E-state index is 0.0684. The highest BCUT2D eigenvalue weighted by molar-refractivity contribution is 5.86. The monoisotopic (exact) mass is 418 g/mol. The van der Waals surface area contributed by atoms with Gasteiger partial charge in [0.1, 0.15) is 11.8 Å². The van der Waals surface area contributed by atoms with E-state index >= 15 is 0 Å². The summed E-state index contributed by atoms with van der Waals surface area (Å²) in [7, 11) is 0. The normalized spacial score (nSPS) is 19.4. The number of likely N-dealkylation sites (tertiary alicyclic amines) is 1. The van der Waals surface area contributed by atoms with Gasteiger partial charge in [0.2, 0.25) is 0 Å². The minimum Gasteiger partial charge on any atom is -0.391 e. The van der Waals surface area contributed by atoms with Crippen molar-refractivity contribution in [2.75, 3.05) is 18.8 Å². The zero-order valence-corrected chi connectivity index (χ0v) is 17.4. The Morgan fingerprint density at radius 3 is 2.74 bits per heavy atom. The molecule has 2 atom stereocenters. The third-order valence-electron chi connectivity index (χ3n) is 6.04. The summed E-state index contributed by atoms with van der Waals surface area (Å²) in [6.07, 6.45) is 5.88. The molecule has 4 heterocycles. The molecule has 3 aromatic heterocycles. The number of nitrogens with two attached hydrogens (primary N) is 1. The largest absolute Gasteiger partial charge is 0.391 e. The lowest BCUT2D eigenvalue weighted by molar-refractivity contribution is 0.162. The molecular weight excluding hydrogens is 392 g/mol. The summed E-state index contributed by atoms with van der Waals surface area (Å²) >= 11 is 0. The van der Waals surface area contributed by atoms with Crippen molar-refractivity contribution in [3.05, 3.63) is 65.4 Å². The number of aliphatic hydroxyl groups excluding tert-OH is 1. The Kier molecular flexibility index (Phi) is 5.13. The number of hydrogen-bond donors (Lipinski definition) is 3. The van der Waals surface area contributed by atoms with Gasteiger partial charge >= 0.3 is 0 Å². The molecule has 0 amide bonds. The average Bonchev–Trinajstić information content (AvgIpc) is 3.49. The second kappa shape index (κ2) is 8.09. The van der Waals surface area contributed by atoms with E-state index in [1.165, 1.54) is 17.5 Å². The molecule has 5 rings (SSSR count). The van der Waals surface area contributed by atoms with Crippen LogP contribution in [0.4, 0.5) is 5.82 Å². The van der Waals surface area contributed by atoms with Crippen LogP contribution in [0.2, 0.25) is 0 Å². The second-order valence-corrected chi connectivity index (χ2v) is 8.18. The molecule has 0 radical (unpaired) electrons. The van der Waals surface area contributed by atoms with Gasteiger partial charge in [-0.25, -0.2) is 14.6 Å². The molecule has 0 aliphatic carbocycles. The number of rotatable bonds is 6. The molecule has 160 valence electrons. The van der Waals surface area contributed by atoms with Crippen LogP contribution >= 0.6 is 0 Å². The standard InChI is InChI=1S/C22H26N8O/c1-2-14-3-5-15(6-4-14)8-30-11-18(27-28-30)17-10-29(12-19(17)31)9-16-7-24-21-20(16)25-13-26-22(21)23/h3-7,11,13,17,19,24,31H,2,8-10,12H2,1H3,(H2,23,25,26)/t17-,19+/m1/s1. The van der Waals surface area contributed by atoms with Gasteiger partial charge in [0, 0.05) is 43.5 Å². The molecule has 31 heavy (non-hydrogen) atoms. The van der Waals surface area contributed by atoms with Crippen LogP contribution in [0.3, 0.4) is 0 Å². The van der Waals surface area contributed by atoms with Gasteiger partial charge in [-0.05, 0) is 17.5 Å². The van der Waals surface area contributed by atoms with Gasteiger partial charge in [-0.15, -0.1) is 5.10 Å². The lowest BCUT2D eigenvalue weighted by Gasteiger charge is -2.14. The van der Waals surface area contributed by atoms with Crippen molar-refractivity contribution in [3.8, 4) is 0 Å². The number of nitrogen functional groups attached to an aromatic ring is 1. The fourth-order valence-corrected chi connectivity index (χ4v) is 4.29. The van der Waals surface area contributed by atoms with Crippen molar-refractivity contribution in [2.24, 2.45) is 0 Å². The first-order valence-electron chi connectivity index (χ1n) is 10.6. The topological polar surface area (TPSA) is 122 Å². The Morgan fingerprint density at radius 2 is 1.94 bits per heavy atom. The maximum absolute atomic E-state index is 10.7. The van der Waals surface area contributed by atoms with E-state index in [4.69, 9.17) is 5.73 Å². The molecule has 0 spiro atoms. The number of fused-ring (bicyclic) bond motifs is 1. The summed E-state index contributed by atoms with van der Waals surface area (Å²) in [5.74, 6) is 0.373. The summed E-state index contributed by atoms with van der Waals surface area (Å²) < 4.78 is 1.84. The van der Waals surface area contributed by atoms with Crippen LogP contribution in [0, 0.1) is 0 Å². The molecule has 1 aliphatic rings. The molecular formula is C22H26N8O. The molecule has 1 aromatic carbocycles. The van der Waals surface area contributed by atoms with Crippen LogP contribution in [-0.4, -0.2) is 59.1 Å². The molecule has 4 aromatic rings. The number of aromatic amines is 1. The van der Waals surface area contributed by atoms with Gasteiger partial charge < -0.3 is 15.8 Å². The van der Waals surface area contributed by atoms with Gasteiger partial charge in [0.25, 0.3) is 0 Å². The third kappa shape index (κ3) is 3.89. The number of anilines is 1. The number of nitrogens with zero attached hydrogens (tertiary/aromatic N) is 6. The van der Waals surface area contributed by atoms with Gasteiger partial charge in [-0.1, -0.05) is 36.4 Å². The molecule has 1 aliphatic heterocycles. The van der Waals surface area contributed by atoms with E-state index in [0.29, 0.717) is 32.0 Å². The molecule has 4 N–H and O–H groups in total. The average molecular weight is 419 g/mol. The number of H-pyrrole nitrogens is 1. The number of aliphatic hydroxyl groups is 1. The molecule has 0 saturated carbocycles. The van der Waals surface area contributed by atoms with Crippen LogP contribution in [0.25, 0.3) is 11.0 Å². The number of nitrogens with one attached hydrogen (secondary N) is 1. The Labute approximate surface area is 179 Å². The first-order chi connectivity index (χ1) is 15.1. The highest BCUT2D eigenvalue weighted by Gasteiger charge is 2.34. The zero-order chi connectivity index (χ0) is 21.4. The molecule has 0 bridgehead atoms. The van der Waals surface area contributed by atoms with Crippen molar-refractivity contribution < 1.29 is 5.11 Å². The predicted octanol–water partition coefficient (Wildman–Crippen LogP) is 1.70. The van der Waals surface area contributed by atoms with Crippen LogP contribution in [0.15, 0.2) is 43.0 Å². The zero-order valence-electron chi connectivity index (χ0n) is 17.4. The SMILES string of the molecule is CCc1ccc(Cn2cc([C@H]3CN(Cc4c[nH]c5c(N)ncnc45)C[C@@H]3O)nn2)cc1. The lowest BCUT2D eigenvalue weighted by Crippen LogP contribution is -2.21. The Morgan fingerprint density at radius 1 is 1.13 bits per heavy atom.